The van der Waals surface area contributed by atoms with Crippen LogP contribution >= 0.6 is 22.9 Å². The number of rotatable bonds is 4. The molecule has 2 aromatic heterocycles. The second-order valence-corrected chi connectivity index (χ2v) is 6.81. The lowest BCUT2D eigenvalue weighted by molar-refractivity contribution is 0.0750. The van der Waals surface area contributed by atoms with Crippen LogP contribution in [0.4, 0.5) is 0 Å². The Bertz CT molecular complexity index is 915. The van der Waals surface area contributed by atoms with E-state index in [2.05, 4.69) is 0 Å². The third kappa shape index (κ3) is 3.30. The summed E-state index contributed by atoms with van der Waals surface area (Å²) in [5.74, 6) is -0.337. The summed E-state index contributed by atoms with van der Waals surface area (Å²) in [7, 11) is 0. The molecule has 0 N–H and O–H groups in total. The van der Waals surface area contributed by atoms with Crippen molar-refractivity contribution in [3.8, 4) is 0 Å². The highest BCUT2D eigenvalue weighted by Gasteiger charge is 2.20. The first-order chi connectivity index (χ1) is 11.1. The molecule has 0 atom stereocenters. The minimum Gasteiger partial charge on any atom is -0.422 e. The van der Waals surface area contributed by atoms with Crippen LogP contribution in [0.5, 0.6) is 0 Å². The molecule has 0 unspecified atom stereocenters. The van der Waals surface area contributed by atoms with Crippen molar-refractivity contribution in [3.05, 3.63) is 67.7 Å². The topological polar surface area (TPSA) is 50.5 Å². The van der Waals surface area contributed by atoms with Crippen molar-refractivity contribution in [3.63, 3.8) is 0 Å². The lowest BCUT2D eigenvalue weighted by atomic mass is 10.1. The molecule has 0 spiro atoms. The van der Waals surface area contributed by atoms with Gasteiger partial charge in [0.25, 0.3) is 5.91 Å². The van der Waals surface area contributed by atoms with Gasteiger partial charge in [0.2, 0.25) is 0 Å². The van der Waals surface area contributed by atoms with Gasteiger partial charge in [-0.3, -0.25) is 4.79 Å². The lowest BCUT2D eigenvalue weighted by Crippen LogP contribution is -2.33. The van der Waals surface area contributed by atoms with E-state index in [4.69, 9.17) is 16.0 Å². The number of thiophene rings is 1. The third-order valence-electron chi connectivity index (χ3n) is 3.52. The fourth-order valence-corrected chi connectivity index (χ4v) is 3.44. The van der Waals surface area contributed by atoms with Gasteiger partial charge in [-0.25, -0.2) is 4.79 Å². The maximum absolute atomic E-state index is 12.7. The van der Waals surface area contributed by atoms with Gasteiger partial charge in [0.05, 0.1) is 10.9 Å². The normalized spacial score (nSPS) is 10.9. The highest BCUT2D eigenvalue weighted by Crippen LogP contribution is 2.23. The molecule has 6 heteroatoms. The highest BCUT2D eigenvalue weighted by atomic mass is 35.5. The zero-order valence-electron chi connectivity index (χ0n) is 12.4. The number of nitrogens with zero attached hydrogens (tertiary/aromatic N) is 1. The van der Waals surface area contributed by atoms with Gasteiger partial charge in [0, 0.05) is 16.8 Å². The van der Waals surface area contributed by atoms with Crippen LogP contribution in [0.1, 0.15) is 22.2 Å². The molecule has 1 aromatic carbocycles. The van der Waals surface area contributed by atoms with Gasteiger partial charge in [-0.1, -0.05) is 29.8 Å². The molecule has 0 bridgehead atoms. The van der Waals surface area contributed by atoms with E-state index in [9.17, 15) is 9.59 Å². The van der Waals surface area contributed by atoms with E-state index in [-0.39, 0.29) is 11.5 Å². The molecule has 4 nitrogen and oxygen atoms in total. The van der Waals surface area contributed by atoms with Gasteiger partial charge < -0.3 is 9.32 Å². The fourth-order valence-electron chi connectivity index (χ4n) is 2.33. The molecule has 0 fully saturated rings. The summed E-state index contributed by atoms with van der Waals surface area (Å²) in [5, 5.41) is 0.727. The van der Waals surface area contributed by atoms with Crippen molar-refractivity contribution in [2.24, 2.45) is 0 Å². The predicted molar refractivity (Wildman–Crippen MR) is 92.2 cm³/mol. The first kappa shape index (κ1) is 15.8. The monoisotopic (exact) mass is 347 g/mol. The Morgan fingerprint density at radius 2 is 2.04 bits per heavy atom. The molecule has 0 aliphatic heterocycles. The molecule has 3 rings (SSSR count). The number of para-hydroxylation sites is 1. The quantitative estimate of drug-likeness (QED) is 0.665. The molecule has 0 radical (unpaired) electrons. The maximum Gasteiger partial charge on any atom is 0.349 e. The van der Waals surface area contributed by atoms with Gasteiger partial charge >= 0.3 is 5.63 Å². The smallest absolute Gasteiger partial charge is 0.349 e. The summed E-state index contributed by atoms with van der Waals surface area (Å²) in [5.41, 5.74) is -0.0910. The van der Waals surface area contributed by atoms with Gasteiger partial charge in [-0.15, -0.1) is 11.3 Å². The van der Waals surface area contributed by atoms with E-state index in [0.717, 1.165) is 10.3 Å². The molecule has 0 aliphatic carbocycles. The van der Waals surface area contributed by atoms with Gasteiger partial charge in [0.1, 0.15) is 11.1 Å². The van der Waals surface area contributed by atoms with E-state index < -0.39 is 5.63 Å². The summed E-state index contributed by atoms with van der Waals surface area (Å²) < 4.78 is 5.92. The minimum atomic E-state index is -0.614. The largest absolute Gasteiger partial charge is 0.422 e. The second kappa shape index (κ2) is 6.56. The molecular weight excluding hydrogens is 334 g/mol. The zero-order chi connectivity index (χ0) is 16.4. The molecule has 3 aromatic rings. The van der Waals surface area contributed by atoms with Crippen LogP contribution in [0.15, 0.2) is 51.7 Å². The van der Waals surface area contributed by atoms with Crippen LogP contribution in [0, 0.1) is 0 Å². The summed E-state index contributed by atoms with van der Waals surface area (Å²) in [6.07, 6.45) is 0. The van der Waals surface area contributed by atoms with Crippen molar-refractivity contribution in [2.45, 2.75) is 13.5 Å². The van der Waals surface area contributed by atoms with Crippen molar-refractivity contribution in [2.75, 3.05) is 6.54 Å². The Labute approximate surface area is 141 Å². The Kier molecular flexibility index (Phi) is 4.50. The van der Waals surface area contributed by atoms with Gasteiger partial charge in [-0.2, -0.15) is 0 Å². The predicted octanol–water partition coefficient (Wildman–Crippen LogP) is 4.17. The second-order valence-electron chi connectivity index (χ2n) is 5.01. The van der Waals surface area contributed by atoms with Crippen molar-refractivity contribution >= 4 is 39.8 Å². The van der Waals surface area contributed by atoms with Crippen molar-refractivity contribution in [1.82, 2.24) is 4.90 Å². The number of fused-ring (bicyclic) bond motifs is 1. The molecule has 0 saturated carbocycles. The standard InChI is InChI=1S/C17H14ClNO3S/c1-2-19(10-12-7-8-15(18)23-12)16(20)13-9-11-5-3-4-6-14(11)22-17(13)21/h3-9H,2,10H2,1H3. The summed E-state index contributed by atoms with van der Waals surface area (Å²) in [4.78, 5) is 27.4. The van der Waals surface area contributed by atoms with Crippen molar-refractivity contribution in [1.29, 1.82) is 0 Å². The van der Waals surface area contributed by atoms with Gasteiger partial charge in [0.15, 0.2) is 0 Å². The van der Waals surface area contributed by atoms with E-state index >= 15 is 0 Å². The zero-order valence-corrected chi connectivity index (χ0v) is 14.0. The van der Waals surface area contributed by atoms with Crippen LogP contribution in [0.25, 0.3) is 11.0 Å². The lowest BCUT2D eigenvalue weighted by Gasteiger charge is -2.19. The van der Waals surface area contributed by atoms with E-state index in [1.165, 1.54) is 11.3 Å². The molecule has 118 valence electrons. The molecule has 0 saturated heterocycles. The average Bonchev–Trinajstić information content (AvgIpc) is 2.96. The first-order valence-corrected chi connectivity index (χ1v) is 8.34. The van der Waals surface area contributed by atoms with Crippen LogP contribution in [-0.2, 0) is 6.54 Å². The molecule has 2 heterocycles. The summed E-state index contributed by atoms with van der Waals surface area (Å²) in [6, 6.07) is 12.4. The Hall–Kier alpha value is -2.11. The number of amides is 1. The Morgan fingerprint density at radius 3 is 2.74 bits per heavy atom. The van der Waals surface area contributed by atoms with E-state index in [1.54, 1.807) is 29.2 Å². The summed E-state index contributed by atoms with van der Waals surface area (Å²) >= 11 is 7.35. The van der Waals surface area contributed by atoms with Crippen LogP contribution in [0.3, 0.4) is 0 Å². The van der Waals surface area contributed by atoms with E-state index in [1.807, 2.05) is 25.1 Å². The maximum atomic E-state index is 12.7. The van der Waals surface area contributed by atoms with Crippen LogP contribution in [0.2, 0.25) is 4.34 Å². The third-order valence-corrected chi connectivity index (χ3v) is 4.73. The summed E-state index contributed by atoms with van der Waals surface area (Å²) in [6.45, 7) is 2.77. The molecule has 23 heavy (non-hydrogen) atoms. The van der Waals surface area contributed by atoms with Gasteiger partial charge in [-0.05, 0) is 31.2 Å². The number of carbonyl (C=O) groups excluding carboxylic acids is 1. The number of hydrogen-bond donors (Lipinski definition) is 0. The molecule has 1 amide bonds. The Balaban J connectivity index is 1.94. The molecule has 0 aliphatic rings. The highest BCUT2D eigenvalue weighted by molar-refractivity contribution is 7.16. The minimum absolute atomic E-state index is 0.0493. The Morgan fingerprint density at radius 1 is 1.26 bits per heavy atom. The SMILES string of the molecule is CCN(Cc1ccc(Cl)s1)C(=O)c1cc2ccccc2oc1=O. The van der Waals surface area contributed by atoms with Crippen LogP contribution < -0.4 is 5.63 Å². The van der Waals surface area contributed by atoms with E-state index in [0.29, 0.717) is 23.0 Å². The average molecular weight is 348 g/mol. The number of benzene rings is 1. The number of halogens is 1. The number of hydrogen-bond acceptors (Lipinski definition) is 4. The van der Waals surface area contributed by atoms with Crippen LogP contribution in [-0.4, -0.2) is 17.4 Å². The molecular formula is C17H14ClNO3S. The fraction of sp³-hybridized carbons (Fsp3) is 0.176. The van der Waals surface area contributed by atoms with Crippen molar-refractivity contribution < 1.29 is 9.21 Å². The number of carbonyl (C=O) groups is 1. The first-order valence-electron chi connectivity index (χ1n) is 7.15.